The molecule has 0 saturated carbocycles. The van der Waals surface area contributed by atoms with Crippen LogP contribution in [0.2, 0.25) is 0 Å². The van der Waals surface area contributed by atoms with Gasteiger partial charge < -0.3 is 24.3 Å². The Hall–Kier alpha value is -4.52. The summed E-state index contributed by atoms with van der Waals surface area (Å²) in [6.07, 6.45) is 5.67. The number of nitrogens with zero attached hydrogens (tertiary/aromatic N) is 2. The van der Waals surface area contributed by atoms with Gasteiger partial charge in [-0.2, -0.15) is 0 Å². The van der Waals surface area contributed by atoms with E-state index in [0.29, 0.717) is 17.2 Å². The van der Waals surface area contributed by atoms with Gasteiger partial charge in [-0.15, -0.1) is 0 Å². The van der Waals surface area contributed by atoms with Crippen molar-refractivity contribution in [3.05, 3.63) is 95.8 Å². The molecule has 1 aliphatic heterocycles. The van der Waals surface area contributed by atoms with Gasteiger partial charge in [0.15, 0.2) is 11.5 Å². The second-order valence-electron chi connectivity index (χ2n) is 8.67. The van der Waals surface area contributed by atoms with Crippen LogP contribution in [0.25, 0.3) is 17.0 Å². The molecular formula is C29H27N3O4. The van der Waals surface area contributed by atoms with Crippen molar-refractivity contribution in [1.29, 1.82) is 0 Å². The third-order valence-corrected chi connectivity index (χ3v) is 6.31. The van der Waals surface area contributed by atoms with Crippen LogP contribution in [0.3, 0.4) is 0 Å². The Bertz CT molecular complexity index is 1460. The van der Waals surface area contributed by atoms with Crippen LogP contribution >= 0.6 is 0 Å². The van der Waals surface area contributed by atoms with Crippen LogP contribution in [0.15, 0.2) is 79.1 Å². The minimum Gasteiger partial charge on any atom is -0.493 e. The van der Waals surface area contributed by atoms with Crippen molar-refractivity contribution < 1.29 is 19.1 Å². The average Bonchev–Trinajstić information content (AvgIpc) is 3.21. The van der Waals surface area contributed by atoms with Gasteiger partial charge in [-0.3, -0.25) is 9.59 Å². The molecule has 1 aliphatic rings. The van der Waals surface area contributed by atoms with Crippen LogP contribution in [0.5, 0.6) is 11.5 Å². The summed E-state index contributed by atoms with van der Waals surface area (Å²) in [5.41, 5.74) is 4.68. The van der Waals surface area contributed by atoms with E-state index in [0.717, 1.165) is 28.6 Å². The number of ether oxygens (including phenoxy) is 2. The zero-order valence-corrected chi connectivity index (χ0v) is 20.2. The zero-order valence-electron chi connectivity index (χ0n) is 20.2. The summed E-state index contributed by atoms with van der Waals surface area (Å²) in [5.74, 6) is 0.724. The maximum absolute atomic E-state index is 12.9. The van der Waals surface area contributed by atoms with E-state index in [1.165, 1.54) is 10.5 Å². The van der Waals surface area contributed by atoms with E-state index in [1.54, 1.807) is 26.5 Å². The number of hydrogen-bond acceptors (Lipinski definition) is 4. The number of rotatable bonds is 7. The van der Waals surface area contributed by atoms with E-state index < -0.39 is 0 Å². The van der Waals surface area contributed by atoms with E-state index in [4.69, 9.17) is 9.47 Å². The summed E-state index contributed by atoms with van der Waals surface area (Å²) in [5, 5.41) is 3.96. The lowest BCUT2D eigenvalue weighted by molar-refractivity contribution is -0.131. The number of anilines is 1. The number of methoxy groups -OCH3 is 2. The molecule has 5 rings (SSSR count). The van der Waals surface area contributed by atoms with Gasteiger partial charge in [-0.1, -0.05) is 30.3 Å². The maximum Gasteiger partial charge on any atom is 0.244 e. The number of benzene rings is 3. The fourth-order valence-corrected chi connectivity index (χ4v) is 4.45. The van der Waals surface area contributed by atoms with Gasteiger partial charge in [0.25, 0.3) is 0 Å². The number of amides is 2. The Morgan fingerprint density at radius 1 is 0.972 bits per heavy atom. The first-order chi connectivity index (χ1) is 17.5. The standard InChI is InChI=1S/C29H27N3O4/c1-35-26-15-21-10-13-32(29(34)17-23(21)16-27(26)36-2)19-28(33)30-24-8-9-25-22(14-24)11-12-31(25)18-20-6-4-3-5-7-20/h3-16H,17-19H2,1-2H3,(H,30,33). The molecule has 2 amide bonds. The van der Waals surface area contributed by atoms with Crippen molar-refractivity contribution in [2.75, 3.05) is 26.1 Å². The minimum atomic E-state index is -0.266. The van der Waals surface area contributed by atoms with Gasteiger partial charge in [0.05, 0.1) is 20.6 Å². The number of aromatic nitrogens is 1. The van der Waals surface area contributed by atoms with Gasteiger partial charge in [-0.05, 0) is 59.2 Å². The SMILES string of the molecule is COc1cc2c(cc1OC)CC(=O)N(CC(=O)Nc1ccc3c(ccn3Cc3ccccc3)c1)C=C2. The van der Waals surface area contributed by atoms with Crippen LogP contribution in [0, 0.1) is 0 Å². The summed E-state index contributed by atoms with van der Waals surface area (Å²) >= 11 is 0. The van der Waals surface area contributed by atoms with E-state index in [9.17, 15) is 9.59 Å². The van der Waals surface area contributed by atoms with Crippen molar-refractivity contribution in [2.45, 2.75) is 13.0 Å². The molecule has 1 aromatic heterocycles. The molecule has 182 valence electrons. The van der Waals surface area contributed by atoms with E-state index in [1.807, 2.05) is 60.8 Å². The summed E-state index contributed by atoms with van der Waals surface area (Å²) < 4.78 is 12.9. The lowest BCUT2D eigenvalue weighted by Gasteiger charge is -2.17. The molecule has 0 saturated heterocycles. The molecule has 36 heavy (non-hydrogen) atoms. The third kappa shape index (κ3) is 4.81. The van der Waals surface area contributed by atoms with E-state index in [2.05, 4.69) is 22.0 Å². The largest absolute Gasteiger partial charge is 0.493 e. The van der Waals surface area contributed by atoms with Crippen LogP contribution < -0.4 is 14.8 Å². The van der Waals surface area contributed by atoms with E-state index >= 15 is 0 Å². The highest BCUT2D eigenvalue weighted by atomic mass is 16.5. The quantitative estimate of drug-likeness (QED) is 0.415. The minimum absolute atomic E-state index is 0.0787. The molecule has 2 heterocycles. The highest BCUT2D eigenvalue weighted by Gasteiger charge is 2.21. The molecule has 0 aliphatic carbocycles. The average molecular weight is 482 g/mol. The first kappa shape index (κ1) is 23.2. The topological polar surface area (TPSA) is 72.8 Å². The van der Waals surface area contributed by atoms with Crippen LogP contribution in [-0.2, 0) is 22.6 Å². The van der Waals surface area contributed by atoms with Crippen LogP contribution in [0.1, 0.15) is 16.7 Å². The fourth-order valence-electron chi connectivity index (χ4n) is 4.45. The molecule has 0 bridgehead atoms. The van der Waals surface area contributed by atoms with Crippen molar-refractivity contribution in [3.63, 3.8) is 0 Å². The number of fused-ring (bicyclic) bond motifs is 2. The van der Waals surface area contributed by atoms with Crippen LogP contribution in [0.4, 0.5) is 5.69 Å². The highest BCUT2D eigenvalue weighted by molar-refractivity contribution is 5.97. The first-order valence-electron chi connectivity index (χ1n) is 11.7. The zero-order chi connectivity index (χ0) is 25.1. The molecule has 0 atom stereocenters. The molecule has 4 aromatic rings. The van der Waals surface area contributed by atoms with Crippen molar-refractivity contribution in [1.82, 2.24) is 9.47 Å². The molecule has 0 spiro atoms. The highest BCUT2D eigenvalue weighted by Crippen LogP contribution is 2.32. The van der Waals surface area contributed by atoms with Gasteiger partial charge in [-0.25, -0.2) is 0 Å². The van der Waals surface area contributed by atoms with Gasteiger partial charge in [0.2, 0.25) is 11.8 Å². The second-order valence-corrected chi connectivity index (χ2v) is 8.67. The Labute approximate surface area is 209 Å². The molecule has 0 fully saturated rings. The lowest BCUT2D eigenvalue weighted by atomic mass is 10.0. The van der Waals surface area contributed by atoms with Gasteiger partial charge in [0, 0.05) is 35.5 Å². The normalized spacial score (nSPS) is 12.8. The number of carbonyl (C=O) groups is 2. The Kier molecular flexibility index (Phi) is 6.45. The molecule has 3 aromatic carbocycles. The summed E-state index contributed by atoms with van der Waals surface area (Å²) in [6, 6.07) is 21.8. The number of carbonyl (C=O) groups excluding carboxylic acids is 2. The Morgan fingerprint density at radius 2 is 1.75 bits per heavy atom. The predicted octanol–water partition coefficient (Wildman–Crippen LogP) is 4.70. The van der Waals surface area contributed by atoms with E-state index in [-0.39, 0.29) is 24.8 Å². The second kappa shape index (κ2) is 10.00. The van der Waals surface area contributed by atoms with Crippen molar-refractivity contribution in [3.8, 4) is 11.5 Å². The molecular weight excluding hydrogens is 454 g/mol. The third-order valence-electron chi connectivity index (χ3n) is 6.31. The molecule has 0 radical (unpaired) electrons. The summed E-state index contributed by atoms with van der Waals surface area (Å²) in [7, 11) is 3.13. The smallest absolute Gasteiger partial charge is 0.244 e. The molecule has 7 nitrogen and oxygen atoms in total. The first-order valence-corrected chi connectivity index (χ1v) is 11.7. The fraction of sp³-hybridized carbons (Fsp3) is 0.172. The number of nitrogens with one attached hydrogen (secondary N) is 1. The predicted molar refractivity (Wildman–Crippen MR) is 140 cm³/mol. The summed E-state index contributed by atoms with van der Waals surface area (Å²) in [4.78, 5) is 27.1. The Morgan fingerprint density at radius 3 is 2.53 bits per heavy atom. The molecule has 7 heteroatoms. The van der Waals surface area contributed by atoms with Gasteiger partial charge >= 0.3 is 0 Å². The lowest BCUT2D eigenvalue weighted by Crippen LogP contribution is -2.34. The Balaban J connectivity index is 1.26. The maximum atomic E-state index is 12.9. The van der Waals surface area contributed by atoms with Crippen molar-refractivity contribution >= 4 is 34.5 Å². The monoisotopic (exact) mass is 481 g/mol. The van der Waals surface area contributed by atoms with Crippen LogP contribution in [-0.4, -0.2) is 42.0 Å². The number of hydrogen-bond donors (Lipinski definition) is 1. The summed E-state index contributed by atoms with van der Waals surface area (Å²) in [6.45, 7) is 0.699. The molecule has 0 unspecified atom stereocenters. The molecule has 1 N–H and O–H groups in total. The van der Waals surface area contributed by atoms with Crippen molar-refractivity contribution in [2.24, 2.45) is 0 Å². The van der Waals surface area contributed by atoms with Gasteiger partial charge in [0.1, 0.15) is 6.54 Å².